The average molecular weight is 272 g/mol. The maximum Gasteiger partial charge on any atom is 0.182 e. The van der Waals surface area contributed by atoms with E-state index in [9.17, 15) is 13.2 Å². The van der Waals surface area contributed by atoms with Gasteiger partial charge in [-0.2, -0.15) is 0 Å². The average Bonchev–Trinajstić information content (AvgIpc) is 2.36. The minimum Gasteiger partial charge on any atom is -0.380 e. The van der Waals surface area contributed by atoms with Crippen LogP contribution in [0.2, 0.25) is 0 Å². The molecule has 106 valence electrons. The zero-order chi connectivity index (χ0) is 13.8. The minimum absolute atomic E-state index is 0.0497. The SMILES string of the molecule is CC(CC1CCCCN1)Nc1cc(F)cc(F)c1F. The molecule has 1 aromatic rings. The van der Waals surface area contributed by atoms with Crippen molar-refractivity contribution < 1.29 is 13.2 Å². The van der Waals surface area contributed by atoms with Gasteiger partial charge in [-0.3, -0.25) is 0 Å². The molecule has 1 aliphatic heterocycles. The lowest BCUT2D eigenvalue weighted by Crippen LogP contribution is -2.37. The number of anilines is 1. The van der Waals surface area contributed by atoms with Crippen LogP contribution < -0.4 is 10.6 Å². The van der Waals surface area contributed by atoms with E-state index in [1.54, 1.807) is 0 Å². The van der Waals surface area contributed by atoms with E-state index < -0.39 is 17.5 Å². The molecule has 1 saturated heterocycles. The third-order valence-electron chi connectivity index (χ3n) is 3.45. The Labute approximate surface area is 111 Å². The predicted octanol–water partition coefficient (Wildman–Crippen LogP) is 3.44. The second-order valence-corrected chi connectivity index (χ2v) is 5.18. The fourth-order valence-corrected chi connectivity index (χ4v) is 2.54. The lowest BCUT2D eigenvalue weighted by Gasteiger charge is -2.27. The highest BCUT2D eigenvalue weighted by Gasteiger charge is 2.18. The van der Waals surface area contributed by atoms with Gasteiger partial charge in [-0.15, -0.1) is 0 Å². The van der Waals surface area contributed by atoms with Crippen LogP contribution in [-0.2, 0) is 0 Å². The van der Waals surface area contributed by atoms with Crippen molar-refractivity contribution in [3.05, 3.63) is 29.6 Å². The molecular formula is C14H19F3N2. The highest BCUT2D eigenvalue weighted by Crippen LogP contribution is 2.21. The second kappa shape index (κ2) is 6.28. The Morgan fingerprint density at radius 1 is 1.32 bits per heavy atom. The number of hydrogen-bond acceptors (Lipinski definition) is 2. The van der Waals surface area contributed by atoms with Crippen LogP contribution in [0.5, 0.6) is 0 Å². The molecule has 19 heavy (non-hydrogen) atoms. The molecule has 0 aliphatic carbocycles. The van der Waals surface area contributed by atoms with E-state index in [1.165, 1.54) is 12.8 Å². The Morgan fingerprint density at radius 3 is 2.79 bits per heavy atom. The molecule has 2 nitrogen and oxygen atoms in total. The summed E-state index contributed by atoms with van der Waals surface area (Å²) >= 11 is 0. The number of benzene rings is 1. The second-order valence-electron chi connectivity index (χ2n) is 5.18. The van der Waals surface area contributed by atoms with E-state index >= 15 is 0 Å². The summed E-state index contributed by atoms with van der Waals surface area (Å²) in [5.74, 6) is -2.96. The highest BCUT2D eigenvalue weighted by molar-refractivity contribution is 5.46. The summed E-state index contributed by atoms with van der Waals surface area (Å²) in [6, 6.07) is 1.88. The van der Waals surface area contributed by atoms with Crippen molar-refractivity contribution in [2.75, 3.05) is 11.9 Å². The van der Waals surface area contributed by atoms with Gasteiger partial charge in [0.25, 0.3) is 0 Å². The molecule has 1 aliphatic rings. The van der Waals surface area contributed by atoms with Gasteiger partial charge in [-0.05, 0) is 32.7 Å². The van der Waals surface area contributed by atoms with Crippen LogP contribution in [0, 0.1) is 17.5 Å². The van der Waals surface area contributed by atoms with E-state index in [0.717, 1.165) is 25.5 Å². The molecule has 2 N–H and O–H groups in total. The molecule has 0 spiro atoms. The van der Waals surface area contributed by atoms with Gasteiger partial charge in [0.05, 0.1) is 5.69 Å². The summed E-state index contributed by atoms with van der Waals surface area (Å²) in [6.45, 7) is 2.89. The Kier molecular flexibility index (Phi) is 4.69. The summed E-state index contributed by atoms with van der Waals surface area (Å²) in [5, 5.41) is 6.24. The normalized spacial score (nSPS) is 21.2. The molecule has 5 heteroatoms. The summed E-state index contributed by atoms with van der Waals surface area (Å²) in [6.07, 6.45) is 4.26. The molecule has 2 atom stereocenters. The van der Waals surface area contributed by atoms with Crippen molar-refractivity contribution in [1.82, 2.24) is 5.32 Å². The van der Waals surface area contributed by atoms with Crippen LogP contribution in [0.4, 0.5) is 18.9 Å². The lowest BCUT2D eigenvalue weighted by atomic mass is 9.98. The molecular weight excluding hydrogens is 253 g/mol. The topological polar surface area (TPSA) is 24.1 Å². The molecule has 0 bridgehead atoms. The van der Waals surface area contributed by atoms with Gasteiger partial charge >= 0.3 is 0 Å². The third kappa shape index (κ3) is 3.86. The summed E-state index contributed by atoms with van der Waals surface area (Å²) in [5.41, 5.74) is -0.110. The molecule has 0 saturated carbocycles. The van der Waals surface area contributed by atoms with Crippen molar-refractivity contribution in [2.45, 2.75) is 44.7 Å². The van der Waals surface area contributed by atoms with Gasteiger partial charge in [0.2, 0.25) is 0 Å². The zero-order valence-electron chi connectivity index (χ0n) is 11.0. The number of rotatable bonds is 4. The first kappa shape index (κ1) is 14.2. The Hall–Kier alpha value is -1.23. The van der Waals surface area contributed by atoms with E-state index in [2.05, 4.69) is 10.6 Å². The number of hydrogen-bond donors (Lipinski definition) is 2. The van der Waals surface area contributed by atoms with Crippen molar-refractivity contribution in [3.63, 3.8) is 0 Å². The number of piperidine rings is 1. The van der Waals surface area contributed by atoms with Gasteiger partial charge in [-0.1, -0.05) is 6.42 Å². The van der Waals surface area contributed by atoms with Crippen LogP contribution in [0.1, 0.15) is 32.6 Å². The maximum absolute atomic E-state index is 13.5. The first-order valence-electron chi connectivity index (χ1n) is 6.70. The standard InChI is InChI=1S/C14H19F3N2/c1-9(6-11-4-2-3-5-18-11)19-13-8-10(15)7-12(16)14(13)17/h7-9,11,18-19H,2-6H2,1H3. The van der Waals surface area contributed by atoms with Gasteiger partial charge in [-0.25, -0.2) is 13.2 Å². The molecule has 1 fully saturated rings. The molecule has 2 rings (SSSR count). The van der Waals surface area contributed by atoms with Crippen LogP contribution in [0.3, 0.4) is 0 Å². The van der Waals surface area contributed by atoms with Gasteiger partial charge in [0.15, 0.2) is 11.6 Å². The number of nitrogens with one attached hydrogen (secondary N) is 2. The van der Waals surface area contributed by atoms with Crippen molar-refractivity contribution in [1.29, 1.82) is 0 Å². The maximum atomic E-state index is 13.5. The van der Waals surface area contributed by atoms with Gasteiger partial charge in [0.1, 0.15) is 5.82 Å². The van der Waals surface area contributed by atoms with E-state index in [4.69, 9.17) is 0 Å². The fraction of sp³-hybridized carbons (Fsp3) is 0.571. The summed E-state index contributed by atoms with van der Waals surface area (Å²) in [7, 11) is 0. The van der Waals surface area contributed by atoms with E-state index in [1.807, 2.05) is 6.92 Å². The molecule has 2 unspecified atom stereocenters. The minimum atomic E-state index is -1.16. The number of halogens is 3. The first-order valence-corrected chi connectivity index (χ1v) is 6.70. The van der Waals surface area contributed by atoms with Crippen LogP contribution in [0.25, 0.3) is 0 Å². The Bertz CT molecular complexity index is 431. The third-order valence-corrected chi connectivity index (χ3v) is 3.45. The van der Waals surface area contributed by atoms with Crippen molar-refractivity contribution in [2.24, 2.45) is 0 Å². The van der Waals surface area contributed by atoms with Crippen LogP contribution in [0.15, 0.2) is 12.1 Å². The molecule has 0 aromatic heterocycles. The molecule has 1 aromatic carbocycles. The van der Waals surface area contributed by atoms with Crippen LogP contribution in [-0.4, -0.2) is 18.6 Å². The fourth-order valence-electron chi connectivity index (χ4n) is 2.54. The molecule has 1 heterocycles. The van der Waals surface area contributed by atoms with E-state index in [-0.39, 0.29) is 11.7 Å². The smallest absolute Gasteiger partial charge is 0.182 e. The van der Waals surface area contributed by atoms with Gasteiger partial charge < -0.3 is 10.6 Å². The quantitative estimate of drug-likeness (QED) is 0.820. The summed E-state index contributed by atoms with van der Waals surface area (Å²) in [4.78, 5) is 0. The van der Waals surface area contributed by atoms with Crippen molar-refractivity contribution in [3.8, 4) is 0 Å². The molecule has 0 amide bonds. The highest BCUT2D eigenvalue weighted by atomic mass is 19.2. The molecule has 0 radical (unpaired) electrons. The lowest BCUT2D eigenvalue weighted by molar-refractivity contribution is 0.371. The predicted molar refractivity (Wildman–Crippen MR) is 69.7 cm³/mol. The van der Waals surface area contributed by atoms with Gasteiger partial charge in [0, 0.05) is 24.2 Å². The van der Waals surface area contributed by atoms with E-state index in [0.29, 0.717) is 12.1 Å². The van der Waals surface area contributed by atoms with Crippen LogP contribution >= 0.6 is 0 Å². The monoisotopic (exact) mass is 272 g/mol. The Balaban J connectivity index is 1.96. The summed E-state index contributed by atoms with van der Waals surface area (Å²) < 4.78 is 39.6. The van der Waals surface area contributed by atoms with Crippen molar-refractivity contribution >= 4 is 5.69 Å². The first-order chi connectivity index (χ1) is 9.06. The zero-order valence-corrected chi connectivity index (χ0v) is 11.0. The largest absolute Gasteiger partial charge is 0.380 e. The Morgan fingerprint density at radius 2 is 2.11 bits per heavy atom.